The molecule has 5 nitrogen and oxygen atoms in total. The van der Waals surface area contributed by atoms with Crippen molar-refractivity contribution in [3.8, 4) is 0 Å². The number of hydrogen-bond acceptors (Lipinski definition) is 3. The van der Waals surface area contributed by atoms with Gasteiger partial charge >= 0.3 is 11.8 Å². The van der Waals surface area contributed by atoms with Gasteiger partial charge in [0.15, 0.2) is 0 Å². The molecule has 1 aromatic rings. The highest BCUT2D eigenvalue weighted by Gasteiger charge is 2.13. The Labute approximate surface area is 111 Å². The lowest BCUT2D eigenvalue weighted by Gasteiger charge is -2.06. The molecule has 0 heterocycles. The van der Waals surface area contributed by atoms with Crippen LogP contribution >= 0.6 is 12.2 Å². The SMILES string of the molecule is CCc1ccc(NC(=O)C(=O)NCC(N)=S)cc1. The molecular formula is C12H15N3O2S. The zero-order chi connectivity index (χ0) is 13.5. The largest absolute Gasteiger partial charge is 0.392 e. The van der Waals surface area contributed by atoms with E-state index in [1.807, 2.05) is 19.1 Å². The molecule has 0 atom stereocenters. The Kier molecular flexibility index (Phi) is 5.26. The topological polar surface area (TPSA) is 84.2 Å². The van der Waals surface area contributed by atoms with Crippen molar-refractivity contribution < 1.29 is 9.59 Å². The molecule has 0 aliphatic heterocycles. The van der Waals surface area contributed by atoms with E-state index < -0.39 is 11.8 Å². The second kappa shape index (κ2) is 6.70. The average Bonchev–Trinajstić information content (AvgIpc) is 2.36. The first kappa shape index (κ1) is 14.1. The molecule has 0 aliphatic carbocycles. The predicted molar refractivity (Wildman–Crippen MR) is 74.2 cm³/mol. The first-order valence-electron chi connectivity index (χ1n) is 5.49. The Morgan fingerprint density at radius 1 is 1.22 bits per heavy atom. The molecule has 0 unspecified atom stereocenters. The van der Waals surface area contributed by atoms with Crippen molar-refractivity contribution in [2.45, 2.75) is 13.3 Å². The molecule has 4 N–H and O–H groups in total. The molecular weight excluding hydrogens is 250 g/mol. The summed E-state index contributed by atoms with van der Waals surface area (Å²) < 4.78 is 0. The summed E-state index contributed by atoms with van der Waals surface area (Å²) in [6, 6.07) is 7.28. The molecule has 18 heavy (non-hydrogen) atoms. The number of hydrogen-bond donors (Lipinski definition) is 3. The van der Waals surface area contributed by atoms with Crippen molar-refractivity contribution in [2.24, 2.45) is 5.73 Å². The predicted octanol–water partition coefficient (Wildman–Crippen LogP) is 0.590. The standard InChI is InChI=1S/C12H15N3O2S/c1-2-8-3-5-9(6-4-8)15-12(17)11(16)14-7-10(13)18/h3-6H,2,7H2,1H3,(H2,13,18)(H,14,16)(H,15,17). The number of aryl methyl sites for hydroxylation is 1. The molecule has 0 radical (unpaired) electrons. The normalized spacial score (nSPS) is 9.61. The third-order valence-corrected chi connectivity index (χ3v) is 2.39. The van der Waals surface area contributed by atoms with E-state index in [-0.39, 0.29) is 11.5 Å². The van der Waals surface area contributed by atoms with Gasteiger partial charge in [0, 0.05) is 5.69 Å². The highest BCUT2D eigenvalue weighted by molar-refractivity contribution is 7.80. The van der Waals surface area contributed by atoms with Crippen LogP contribution in [0, 0.1) is 0 Å². The van der Waals surface area contributed by atoms with Crippen LogP contribution in [0.2, 0.25) is 0 Å². The zero-order valence-corrected chi connectivity index (χ0v) is 10.8. The third-order valence-electron chi connectivity index (χ3n) is 2.25. The van der Waals surface area contributed by atoms with Gasteiger partial charge in [-0.15, -0.1) is 0 Å². The van der Waals surface area contributed by atoms with Gasteiger partial charge in [0.1, 0.15) is 0 Å². The monoisotopic (exact) mass is 265 g/mol. The number of thiocarbonyl (C=S) groups is 1. The molecule has 0 fully saturated rings. The smallest absolute Gasteiger partial charge is 0.313 e. The lowest BCUT2D eigenvalue weighted by Crippen LogP contribution is -2.39. The van der Waals surface area contributed by atoms with E-state index in [0.717, 1.165) is 12.0 Å². The Morgan fingerprint density at radius 2 is 1.83 bits per heavy atom. The number of carbonyl (C=O) groups is 2. The molecule has 2 amide bonds. The summed E-state index contributed by atoms with van der Waals surface area (Å²) in [6.07, 6.45) is 0.919. The van der Waals surface area contributed by atoms with Crippen LogP contribution < -0.4 is 16.4 Å². The van der Waals surface area contributed by atoms with Crippen LogP contribution in [0.15, 0.2) is 24.3 Å². The van der Waals surface area contributed by atoms with Gasteiger partial charge in [0.05, 0.1) is 11.5 Å². The lowest BCUT2D eigenvalue weighted by molar-refractivity contribution is -0.135. The van der Waals surface area contributed by atoms with Gasteiger partial charge in [0.2, 0.25) is 0 Å². The third kappa shape index (κ3) is 4.50. The van der Waals surface area contributed by atoms with Gasteiger partial charge in [-0.25, -0.2) is 0 Å². The Balaban J connectivity index is 2.52. The van der Waals surface area contributed by atoms with Crippen LogP contribution in [0.1, 0.15) is 12.5 Å². The second-order valence-electron chi connectivity index (χ2n) is 3.65. The zero-order valence-electron chi connectivity index (χ0n) is 10.0. The minimum absolute atomic E-state index is 0.0103. The Bertz CT molecular complexity index is 457. The van der Waals surface area contributed by atoms with E-state index >= 15 is 0 Å². The molecule has 0 saturated carbocycles. The van der Waals surface area contributed by atoms with Crippen LogP contribution in [0.25, 0.3) is 0 Å². The summed E-state index contributed by atoms with van der Waals surface area (Å²) in [6.45, 7) is 2.05. The number of amides is 2. The van der Waals surface area contributed by atoms with Crippen molar-refractivity contribution in [2.75, 3.05) is 11.9 Å². The molecule has 1 aromatic carbocycles. The fourth-order valence-corrected chi connectivity index (χ4v) is 1.33. The minimum atomic E-state index is -0.762. The summed E-state index contributed by atoms with van der Waals surface area (Å²) in [5.74, 6) is -1.50. The van der Waals surface area contributed by atoms with E-state index in [4.69, 9.17) is 5.73 Å². The molecule has 0 bridgehead atoms. The van der Waals surface area contributed by atoms with E-state index in [0.29, 0.717) is 5.69 Å². The summed E-state index contributed by atoms with van der Waals surface area (Å²) in [5.41, 5.74) is 6.94. The van der Waals surface area contributed by atoms with Gasteiger partial charge < -0.3 is 16.4 Å². The van der Waals surface area contributed by atoms with Gasteiger partial charge in [-0.2, -0.15) is 0 Å². The molecule has 0 spiro atoms. The lowest BCUT2D eigenvalue weighted by atomic mass is 10.1. The number of rotatable bonds is 4. The first-order valence-corrected chi connectivity index (χ1v) is 5.90. The highest BCUT2D eigenvalue weighted by atomic mass is 32.1. The fraction of sp³-hybridized carbons (Fsp3) is 0.250. The van der Waals surface area contributed by atoms with E-state index in [9.17, 15) is 9.59 Å². The molecule has 0 aromatic heterocycles. The summed E-state index contributed by atoms with van der Waals surface area (Å²) in [5, 5.41) is 4.79. The summed E-state index contributed by atoms with van der Waals surface area (Å²) >= 11 is 4.59. The molecule has 96 valence electrons. The maximum Gasteiger partial charge on any atom is 0.313 e. The molecule has 0 saturated heterocycles. The number of benzene rings is 1. The van der Waals surface area contributed by atoms with Crippen molar-refractivity contribution in [1.82, 2.24) is 5.32 Å². The first-order chi connectivity index (χ1) is 8.52. The number of nitrogens with two attached hydrogens (primary N) is 1. The maximum absolute atomic E-state index is 11.5. The fourth-order valence-electron chi connectivity index (χ4n) is 1.26. The van der Waals surface area contributed by atoms with Gasteiger partial charge in [-0.1, -0.05) is 31.3 Å². The van der Waals surface area contributed by atoms with Crippen molar-refractivity contribution in [1.29, 1.82) is 0 Å². The average molecular weight is 265 g/mol. The number of anilines is 1. The number of nitrogens with one attached hydrogen (secondary N) is 2. The number of carbonyl (C=O) groups excluding carboxylic acids is 2. The van der Waals surface area contributed by atoms with Crippen LogP contribution in [0.4, 0.5) is 5.69 Å². The molecule has 0 aliphatic rings. The van der Waals surface area contributed by atoms with Crippen LogP contribution in [0.3, 0.4) is 0 Å². The highest BCUT2D eigenvalue weighted by Crippen LogP contribution is 2.09. The maximum atomic E-state index is 11.5. The summed E-state index contributed by atoms with van der Waals surface area (Å²) in [7, 11) is 0. The minimum Gasteiger partial charge on any atom is -0.392 e. The molecule has 6 heteroatoms. The van der Waals surface area contributed by atoms with Gasteiger partial charge in [-0.3, -0.25) is 9.59 Å². The van der Waals surface area contributed by atoms with Crippen molar-refractivity contribution >= 4 is 34.7 Å². The van der Waals surface area contributed by atoms with Gasteiger partial charge in [-0.05, 0) is 24.1 Å². The van der Waals surface area contributed by atoms with Crippen molar-refractivity contribution in [3.05, 3.63) is 29.8 Å². The van der Waals surface area contributed by atoms with Crippen LogP contribution in [-0.2, 0) is 16.0 Å². The Morgan fingerprint density at radius 3 is 2.33 bits per heavy atom. The summed E-state index contributed by atoms with van der Waals surface area (Å²) in [4.78, 5) is 22.9. The quantitative estimate of drug-likeness (QED) is 0.549. The van der Waals surface area contributed by atoms with Crippen LogP contribution in [-0.4, -0.2) is 23.3 Å². The van der Waals surface area contributed by atoms with E-state index in [1.54, 1.807) is 12.1 Å². The molecule has 1 rings (SSSR count). The van der Waals surface area contributed by atoms with E-state index in [1.165, 1.54) is 0 Å². The van der Waals surface area contributed by atoms with Gasteiger partial charge in [0.25, 0.3) is 0 Å². The second-order valence-corrected chi connectivity index (χ2v) is 4.18. The van der Waals surface area contributed by atoms with Crippen molar-refractivity contribution in [3.63, 3.8) is 0 Å². The van der Waals surface area contributed by atoms with E-state index in [2.05, 4.69) is 22.9 Å². The Hall–Kier alpha value is -1.95. The van der Waals surface area contributed by atoms with Crippen LogP contribution in [0.5, 0.6) is 0 Å².